The number of hydrogen-bond donors (Lipinski definition) is 2. The molecule has 1 saturated heterocycles. The van der Waals surface area contributed by atoms with E-state index in [2.05, 4.69) is 26.2 Å². The first-order valence-corrected chi connectivity index (χ1v) is 9.11. The zero-order valence-electron chi connectivity index (χ0n) is 15.0. The summed E-state index contributed by atoms with van der Waals surface area (Å²) < 4.78 is 5.80. The maximum absolute atomic E-state index is 12.5. The Balaban J connectivity index is 1.95. The summed E-state index contributed by atoms with van der Waals surface area (Å²) in [7, 11) is 0. The van der Waals surface area contributed by atoms with Crippen molar-refractivity contribution in [3.63, 3.8) is 0 Å². The lowest BCUT2D eigenvalue weighted by atomic mass is 9.96. The van der Waals surface area contributed by atoms with Gasteiger partial charge in [0, 0.05) is 19.0 Å². The van der Waals surface area contributed by atoms with Crippen LogP contribution in [0.5, 0.6) is 0 Å². The number of rotatable bonds is 3. The van der Waals surface area contributed by atoms with Crippen LogP contribution in [0.4, 0.5) is 10.5 Å². The van der Waals surface area contributed by atoms with Crippen LogP contribution >= 0.6 is 15.9 Å². The van der Waals surface area contributed by atoms with Crippen LogP contribution in [-0.2, 0) is 9.53 Å². The number of carbonyl (C=O) groups is 3. The van der Waals surface area contributed by atoms with Gasteiger partial charge < -0.3 is 20.7 Å². The minimum atomic E-state index is -0.721. The number of nitrogens with two attached hydrogens (primary N) is 1. The van der Waals surface area contributed by atoms with Gasteiger partial charge in [0.15, 0.2) is 5.69 Å². The topological polar surface area (TPSA) is 115 Å². The van der Waals surface area contributed by atoms with Gasteiger partial charge in [-0.25, -0.2) is 9.78 Å². The molecule has 1 fully saturated rings. The van der Waals surface area contributed by atoms with Gasteiger partial charge in [-0.05, 0) is 61.7 Å². The van der Waals surface area contributed by atoms with Gasteiger partial charge >= 0.3 is 6.09 Å². The molecule has 0 saturated carbocycles. The number of piperidine rings is 1. The first-order valence-electron chi connectivity index (χ1n) is 8.32. The molecule has 0 aromatic carbocycles. The molecule has 0 atom stereocenters. The molecule has 8 nitrogen and oxygen atoms in total. The van der Waals surface area contributed by atoms with E-state index in [1.165, 1.54) is 0 Å². The maximum atomic E-state index is 12.5. The Hall–Kier alpha value is -2.16. The molecule has 2 heterocycles. The van der Waals surface area contributed by atoms with Gasteiger partial charge in [-0.2, -0.15) is 0 Å². The molecule has 1 aromatic rings. The standard InChI is InChI=1S/C17H23BrN4O4/c1-17(2,3)26-16(25)22-8-6-10(7-9-22)15(24)20-11-4-5-12(18)21-13(11)14(19)23/h4-5,10H,6-9H2,1-3H3,(H2,19,23)(H,20,24). The maximum Gasteiger partial charge on any atom is 0.410 e. The first-order chi connectivity index (χ1) is 12.1. The van der Waals surface area contributed by atoms with E-state index < -0.39 is 11.5 Å². The van der Waals surface area contributed by atoms with Crippen LogP contribution < -0.4 is 11.1 Å². The van der Waals surface area contributed by atoms with Gasteiger partial charge in [-0.1, -0.05) is 0 Å². The monoisotopic (exact) mass is 426 g/mol. The summed E-state index contributed by atoms with van der Waals surface area (Å²) in [6.07, 6.45) is 0.659. The van der Waals surface area contributed by atoms with Crippen LogP contribution in [0.15, 0.2) is 16.7 Å². The summed E-state index contributed by atoms with van der Waals surface area (Å²) in [5.74, 6) is -1.21. The van der Waals surface area contributed by atoms with Crippen molar-refractivity contribution in [2.24, 2.45) is 11.7 Å². The molecular formula is C17H23BrN4O4. The van der Waals surface area contributed by atoms with E-state index >= 15 is 0 Å². The highest BCUT2D eigenvalue weighted by molar-refractivity contribution is 9.10. The minimum Gasteiger partial charge on any atom is -0.444 e. The van der Waals surface area contributed by atoms with Crippen molar-refractivity contribution in [1.82, 2.24) is 9.88 Å². The molecule has 142 valence electrons. The molecular weight excluding hydrogens is 404 g/mol. The third-order valence-corrected chi connectivity index (χ3v) is 4.31. The van der Waals surface area contributed by atoms with Gasteiger partial charge in [0.05, 0.1) is 5.69 Å². The van der Waals surface area contributed by atoms with Gasteiger partial charge in [0.25, 0.3) is 5.91 Å². The van der Waals surface area contributed by atoms with E-state index in [1.807, 2.05) is 20.8 Å². The number of pyridine rings is 1. The fraction of sp³-hybridized carbons (Fsp3) is 0.529. The number of amides is 3. The molecule has 3 amide bonds. The average molecular weight is 427 g/mol. The second-order valence-electron chi connectivity index (χ2n) is 7.13. The summed E-state index contributed by atoms with van der Waals surface area (Å²) in [6.45, 7) is 6.32. The summed E-state index contributed by atoms with van der Waals surface area (Å²) in [5, 5.41) is 2.71. The Bertz CT molecular complexity index is 709. The van der Waals surface area contributed by atoms with E-state index in [9.17, 15) is 14.4 Å². The zero-order valence-corrected chi connectivity index (χ0v) is 16.6. The second-order valence-corrected chi connectivity index (χ2v) is 7.94. The number of halogens is 1. The van der Waals surface area contributed by atoms with Crippen LogP contribution in [0.2, 0.25) is 0 Å². The van der Waals surface area contributed by atoms with E-state index in [0.717, 1.165) is 0 Å². The third kappa shape index (κ3) is 5.42. The highest BCUT2D eigenvalue weighted by atomic mass is 79.9. The number of carbonyl (C=O) groups excluding carboxylic acids is 3. The van der Waals surface area contributed by atoms with Gasteiger partial charge in [-0.3, -0.25) is 9.59 Å². The molecule has 9 heteroatoms. The van der Waals surface area contributed by atoms with E-state index in [0.29, 0.717) is 30.5 Å². The third-order valence-electron chi connectivity index (χ3n) is 3.87. The number of aromatic nitrogens is 1. The summed E-state index contributed by atoms with van der Waals surface area (Å²) in [6, 6.07) is 3.19. The normalized spacial score (nSPS) is 15.5. The van der Waals surface area contributed by atoms with Crippen LogP contribution in [0.25, 0.3) is 0 Å². The van der Waals surface area contributed by atoms with Crippen molar-refractivity contribution in [3.05, 3.63) is 22.4 Å². The molecule has 3 N–H and O–H groups in total. The van der Waals surface area contributed by atoms with Crippen LogP contribution in [-0.4, -0.2) is 46.5 Å². The number of anilines is 1. The number of likely N-dealkylation sites (tertiary alicyclic amines) is 1. The van der Waals surface area contributed by atoms with Gasteiger partial charge in [0.2, 0.25) is 5.91 Å². The molecule has 0 spiro atoms. The Morgan fingerprint density at radius 3 is 2.42 bits per heavy atom. The largest absolute Gasteiger partial charge is 0.444 e. The van der Waals surface area contributed by atoms with Gasteiger partial charge in [-0.15, -0.1) is 0 Å². The lowest BCUT2D eigenvalue weighted by molar-refractivity contribution is -0.121. The minimum absolute atomic E-state index is 0.00100. The molecule has 0 unspecified atom stereocenters. The molecule has 1 aliphatic heterocycles. The van der Waals surface area contributed by atoms with Crippen molar-refractivity contribution in [1.29, 1.82) is 0 Å². The fourth-order valence-electron chi connectivity index (χ4n) is 2.61. The lowest BCUT2D eigenvalue weighted by Gasteiger charge is -2.33. The second kappa shape index (κ2) is 8.03. The average Bonchev–Trinajstić information content (AvgIpc) is 2.54. The molecule has 1 aliphatic rings. The summed E-state index contributed by atoms with van der Waals surface area (Å²) in [4.78, 5) is 41.7. The number of nitrogens with one attached hydrogen (secondary N) is 1. The Labute approximate surface area is 160 Å². The summed E-state index contributed by atoms with van der Waals surface area (Å²) in [5.41, 5.74) is 5.03. The molecule has 2 rings (SSSR count). The predicted octanol–water partition coefficient (Wildman–Crippen LogP) is 2.53. The van der Waals surface area contributed by atoms with Crippen molar-refractivity contribution >= 4 is 39.5 Å². The molecule has 1 aromatic heterocycles. The van der Waals surface area contributed by atoms with Crippen molar-refractivity contribution in [3.8, 4) is 0 Å². The van der Waals surface area contributed by atoms with Crippen LogP contribution in [0, 0.1) is 5.92 Å². The lowest BCUT2D eigenvalue weighted by Crippen LogP contribution is -2.43. The highest BCUT2D eigenvalue weighted by Crippen LogP contribution is 2.23. The van der Waals surface area contributed by atoms with Crippen molar-refractivity contribution in [2.75, 3.05) is 18.4 Å². The van der Waals surface area contributed by atoms with E-state index in [4.69, 9.17) is 10.5 Å². The smallest absolute Gasteiger partial charge is 0.410 e. The quantitative estimate of drug-likeness (QED) is 0.720. The van der Waals surface area contributed by atoms with Gasteiger partial charge in [0.1, 0.15) is 10.2 Å². The molecule has 26 heavy (non-hydrogen) atoms. The van der Waals surface area contributed by atoms with E-state index in [1.54, 1.807) is 17.0 Å². The summed E-state index contributed by atoms with van der Waals surface area (Å²) >= 11 is 3.17. The predicted molar refractivity (Wildman–Crippen MR) is 99.6 cm³/mol. The fourth-order valence-corrected chi connectivity index (χ4v) is 2.92. The highest BCUT2D eigenvalue weighted by Gasteiger charge is 2.30. The number of nitrogens with zero attached hydrogens (tertiary/aromatic N) is 2. The van der Waals surface area contributed by atoms with Crippen molar-refractivity contribution in [2.45, 2.75) is 39.2 Å². The number of primary amides is 1. The number of ether oxygens (including phenoxy) is 1. The Morgan fingerprint density at radius 1 is 1.27 bits per heavy atom. The SMILES string of the molecule is CC(C)(C)OC(=O)N1CCC(C(=O)Nc2ccc(Br)nc2C(N)=O)CC1. The molecule has 0 radical (unpaired) electrons. The van der Waals surface area contributed by atoms with E-state index in [-0.39, 0.29) is 29.3 Å². The first kappa shape index (κ1) is 20.2. The van der Waals surface area contributed by atoms with Crippen LogP contribution in [0.1, 0.15) is 44.1 Å². The number of hydrogen-bond acceptors (Lipinski definition) is 5. The Kier molecular flexibility index (Phi) is 6.22. The Morgan fingerprint density at radius 2 is 1.88 bits per heavy atom. The van der Waals surface area contributed by atoms with Crippen LogP contribution in [0.3, 0.4) is 0 Å². The zero-order chi connectivity index (χ0) is 19.5. The molecule has 0 aliphatic carbocycles. The molecule has 0 bridgehead atoms. The van der Waals surface area contributed by atoms with Crippen molar-refractivity contribution < 1.29 is 19.1 Å².